The van der Waals surface area contributed by atoms with E-state index in [1.165, 1.54) is 25.1 Å². The molecule has 0 amide bonds. The van der Waals surface area contributed by atoms with Crippen LogP contribution in [0.2, 0.25) is 0 Å². The second-order valence-corrected chi connectivity index (χ2v) is 6.96. The lowest BCUT2D eigenvalue weighted by Gasteiger charge is -2.31. The molecule has 19 heavy (non-hydrogen) atoms. The third-order valence-corrected chi connectivity index (χ3v) is 5.05. The molecular formula is C17H26N2. The molecule has 0 bridgehead atoms. The van der Waals surface area contributed by atoms with Crippen molar-refractivity contribution in [3.05, 3.63) is 35.9 Å². The van der Waals surface area contributed by atoms with Gasteiger partial charge in [-0.25, -0.2) is 0 Å². The maximum Gasteiger partial charge on any atom is 0.0292 e. The van der Waals surface area contributed by atoms with Gasteiger partial charge < -0.3 is 5.32 Å². The Morgan fingerprint density at radius 1 is 1.32 bits per heavy atom. The van der Waals surface area contributed by atoms with Crippen LogP contribution in [0.5, 0.6) is 0 Å². The van der Waals surface area contributed by atoms with Crippen LogP contribution >= 0.6 is 0 Å². The summed E-state index contributed by atoms with van der Waals surface area (Å²) in [5.41, 5.74) is 1.92. The minimum atomic E-state index is 0.476. The molecule has 1 unspecified atom stereocenters. The molecular weight excluding hydrogens is 232 g/mol. The van der Waals surface area contributed by atoms with Crippen molar-refractivity contribution in [1.29, 1.82) is 0 Å². The Labute approximate surface area is 117 Å². The molecule has 104 valence electrons. The summed E-state index contributed by atoms with van der Waals surface area (Å²) in [7, 11) is 0. The maximum atomic E-state index is 3.76. The Morgan fingerprint density at radius 3 is 2.74 bits per heavy atom. The first-order chi connectivity index (χ1) is 9.10. The minimum absolute atomic E-state index is 0.476. The van der Waals surface area contributed by atoms with Gasteiger partial charge in [-0.1, -0.05) is 51.1 Å². The zero-order chi connectivity index (χ0) is 13.5. The monoisotopic (exact) mass is 258 g/mol. The number of rotatable bonds is 3. The van der Waals surface area contributed by atoms with Crippen LogP contribution in [-0.2, 0) is 6.54 Å². The summed E-state index contributed by atoms with van der Waals surface area (Å²) in [6.45, 7) is 10.7. The van der Waals surface area contributed by atoms with E-state index in [1.807, 2.05) is 0 Å². The van der Waals surface area contributed by atoms with Crippen LogP contribution in [0.3, 0.4) is 0 Å². The first-order valence-corrected chi connectivity index (χ1v) is 7.61. The van der Waals surface area contributed by atoms with Gasteiger partial charge in [-0.15, -0.1) is 0 Å². The van der Waals surface area contributed by atoms with Gasteiger partial charge in [0.15, 0.2) is 0 Å². The fourth-order valence-electron chi connectivity index (χ4n) is 4.19. The van der Waals surface area contributed by atoms with Crippen LogP contribution < -0.4 is 5.32 Å². The Kier molecular flexibility index (Phi) is 3.40. The van der Waals surface area contributed by atoms with E-state index in [0.29, 0.717) is 23.4 Å². The Hall–Kier alpha value is -0.860. The maximum absolute atomic E-state index is 3.76. The van der Waals surface area contributed by atoms with Gasteiger partial charge in [0, 0.05) is 25.2 Å². The number of fused-ring (bicyclic) bond motifs is 1. The van der Waals surface area contributed by atoms with E-state index >= 15 is 0 Å². The molecule has 2 heteroatoms. The Morgan fingerprint density at radius 2 is 2.05 bits per heavy atom. The topological polar surface area (TPSA) is 15.3 Å². The van der Waals surface area contributed by atoms with Crippen LogP contribution in [0.1, 0.15) is 32.8 Å². The molecule has 1 aromatic carbocycles. The first kappa shape index (κ1) is 13.1. The van der Waals surface area contributed by atoms with Crippen molar-refractivity contribution in [2.75, 3.05) is 13.1 Å². The van der Waals surface area contributed by atoms with Crippen molar-refractivity contribution in [3.63, 3.8) is 0 Å². The highest BCUT2D eigenvalue weighted by Gasteiger charge is 2.52. The third kappa shape index (κ3) is 2.32. The van der Waals surface area contributed by atoms with Crippen molar-refractivity contribution >= 4 is 0 Å². The van der Waals surface area contributed by atoms with Crippen LogP contribution in [0.15, 0.2) is 30.3 Å². The molecule has 0 spiro atoms. The van der Waals surface area contributed by atoms with E-state index in [9.17, 15) is 0 Å². The summed E-state index contributed by atoms with van der Waals surface area (Å²) in [5, 5.41) is 3.76. The molecule has 1 aromatic rings. The van der Waals surface area contributed by atoms with Gasteiger partial charge in [0.2, 0.25) is 0 Å². The van der Waals surface area contributed by atoms with Crippen LogP contribution in [-0.4, -0.2) is 30.1 Å². The summed E-state index contributed by atoms with van der Waals surface area (Å²) in [5.74, 6) is 0.709. The number of likely N-dealkylation sites (tertiary alicyclic amines) is 1. The van der Waals surface area contributed by atoms with E-state index in [0.717, 1.165) is 6.54 Å². The predicted octanol–water partition coefficient (Wildman–Crippen LogP) is 2.90. The average Bonchev–Trinajstić information content (AvgIpc) is 2.83. The molecule has 0 radical (unpaired) electrons. The van der Waals surface area contributed by atoms with Crippen molar-refractivity contribution in [2.24, 2.45) is 11.3 Å². The summed E-state index contributed by atoms with van der Waals surface area (Å²) in [6.07, 6.45) is 1.33. The van der Waals surface area contributed by atoms with Gasteiger partial charge >= 0.3 is 0 Å². The summed E-state index contributed by atoms with van der Waals surface area (Å²) in [6, 6.07) is 12.3. The Balaban J connectivity index is 1.81. The van der Waals surface area contributed by atoms with E-state index in [2.05, 4.69) is 61.3 Å². The molecule has 0 aromatic heterocycles. The molecule has 2 nitrogen and oxygen atoms in total. The molecule has 0 aliphatic carbocycles. The van der Waals surface area contributed by atoms with Gasteiger partial charge in [-0.3, -0.25) is 4.90 Å². The van der Waals surface area contributed by atoms with Crippen molar-refractivity contribution in [1.82, 2.24) is 10.2 Å². The van der Waals surface area contributed by atoms with E-state index in [1.54, 1.807) is 0 Å². The van der Waals surface area contributed by atoms with E-state index in [-0.39, 0.29) is 0 Å². The minimum Gasteiger partial charge on any atom is -0.312 e. The molecule has 1 N–H and O–H groups in total. The molecule has 3 rings (SSSR count). The number of hydrogen-bond donors (Lipinski definition) is 1. The number of nitrogens with one attached hydrogen (secondary N) is 1. The molecule has 3 atom stereocenters. The van der Waals surface area contributed by atoms with Crippen LogP contribution in [0.25, 0.3) is 0 Å². The third-order valence-electron chi connectivity index (χ3n) is 5.05. The normalized spacial score (nSPS) is 34.9. The predicted molar refractivity (Wildman–Crippen MR) is 80.0 cm³/mol. The smallest absolute Gasteiger partial charge is 0.0292 e. The number of benzene rings is 1. The SMILES string of the molecule is CC(C)[C@H]1C2NCC[C@@]2(C)CN1Cc1ccccc1. The zero-order valence-electron chi connectivity index (χ0n) is 12.4. The van der Waals surface area contributed by atoms with Crippen molar-refractivity contribution < 1.29 is 0 Å². The largest absolute Gasteiger partial charge is 0.312 e. The molecule has 2 aliphatic rings. The van der Waals surface area contributed by atoms with Crippen LogP contribution in [0.4, 0.5) is 0 Å². The fraction of sp³-hybridized carbons (Fsp3) is 0.647. The quantitative estimate of drug-likeness (QED) is 0.897. The average molecular weight is 258 g/mol. The number of nitrogens with zero attached hydrogens (tertiary/aromatic N) is 1. The lowest BCUT2D eigenvalue weighted by molar-refractivity contribution is 0.177. The van der Waals surface area contributed by atoms with Gasteiger partial charge in [-0.05, 0) is 29.9 Å². The lowest BCUT2D eigenvalue weighted by Crippen LogP contribution is -2.45. The van der Waals surface area contributed by atoms with Gasteiger partial charge in [-0.2, -0.15) is 0 Å². The van der Waals surface area contributed by atoms with Crippen molar-refractivity contribution in [2.45, 2.75) is 45.8 Å². The first-order valence-electron chi connectivity index (χ1n) is 7.61. The molecule has 2 aliphatic heterocycles. The molecule has 0 saturated carbocycles. The highest BCUT2D eigenvalue weighted by molar-refractivity contribution is 5.17. The molecule has 2 fully saturated rings. The van der Waals surface area contributed by atoms with E-state index < -0.39 is 0 Å². The zero-order valence-corrected chi connectivity index (χ0v) is 12.4. The number of hydrogen-bond acceptors (Lipinski definition) is 2. The highest BCUT2D eigenvalue weighted by atomic mass is 15.3. The summed E-state index contributed by atoms with van der Waals surface area (Å²) < 4.78 is 0. The van der Waals surface area contributed by atoms with E-state index in [4.69, 9.17) is 0 Å². The second-order valence-electron chi connectivity index (χ2n) is 6.96. The van der Waals surface area contributed by atoms with Gasteiger partial charge in [0.05, 0.1) is 0 Å². The standard InChI is InChI=1S/C17H26N2/c1-13(2)15-16-17(3,9-10-18-16)12-19(15)11-14-7-5-4-6-8-14/h4-8,13,15-16,18H,9-12H2,1-3H3/t15-,16?,17-/m0/s1. The Bertz CT molecular complexity index is 428. The van der Waals surface area contributed by atoms with Gasteiger partial charge in [0.1, 0.15) is 0 Å². The fourth-order valence-corrected chi connectivity index (χ4v) is 4.19. The second kappa shape index (κ2) is 4.92. The van der Waals surface area contributed by atoms with Crippen LogP contribution in [0, 0.1) is 11.3 Å². The molecule has 2 saturated heterocycles. The summed E-state index contributed by atoms with van der Waals surface area (Å²) >= 11 is 0. The van der Waals surface area contributed by atoms with Gasteiger partial charge in [0.25, 0.3) is 0 Å². The highest BCUT2D eigenvalue weighted by Crippen LogP contribution is 2.43. The van der Waals surface area contributed by atoms with Crippen molar-refractivity contribution in [3.8, 4) is 0 Å². The molecule has 2 heterocycles. The lowest BCUT2D eigenvalue weighted by atomic mass is 9.81. The summed E-state index contributed by atoms with van der Waals surface area (Å²) in [4.78, 5) is 2.71.